The van der Waals surface area contributed by atoms with Crippen molar-refractivity contribution in [3.8, 4) is 11.8 Å². The van der Waals surface area contributed by atoms with Crippen molar-refractivity contribution in [2.24, 2.45) is 5.73 Å². The molecule has 6 nitrogen and oxygen atoms in total. The van der Waals surface area contributed by atoms with Crippen LogP contribution in [0.25, 0.3) is 0 Å². The van der Waals surface area contributed by atoms with Gasteiger partial charge in [0.2, 0.25) is 0 Å². The lowest BCUT2D eigenvalue weighted by atomic mass is 9.84. The second kappa shape index (κ2) is 5.74. The van der Waals surface area contributed by atoms with Crippen molar-refractivity contribution in [3.63, 3.8) is 0 Å². The molecule has 0 aliphatic carbocycles. The minimum Gasteiger partial charge on any atom is -0.485 e. The third-order valence-corrected chi connectivity index (χ3v) is 3.65. The summed E-state index contributed by atoms with van der Waals surface area (Å²) in [5.74, 6) is 0.628. The molecule has 0 saturated carbocycles. The van der Waals surface area contributed by atoms with Crippen LogP contribution < -0.4 is 15.8 Å². The zero-order valence-electron chi connectivity index (χ0n) is 14.1. The van der Waals surface area contributed by atoms with E-state index >= 15 is 0 Å². The Morgan fingerprint density at radius 1 is 1.43 bits per heavy atom. The number of fused-ring (bicyclic) bond motifs is 1. The minimum absolute atomic E-state index is 0.487. The molecule has 2 rings (SSSR count). The fourth-order valence-electron chi connectivity index (χ4n) is 2.63. The lowest BCUT2D eigenvalue weighted by Gasteiger charge is -2.43. The van der Waals surface area contributed by atoms with E-state index in [1.807, 2.05) is 13.8 Å². The van der Waals surface area contributed by atoms with Gasteiger partial charge in [0.25, 0.3) is 0 Å². The zero-order chi connectivity index (χ0) is 17.4. The predicted octanol–water partition coefficient (Wildman–Crippen LogP) is 2.62. The van der Waals surface area contributed by atoms with Crippen LogP contribution in [0.1, 0.15) is 51.8 Å². The summed E-state index contributed by atoms with van der Waals surface area (Å²) in [5.41, 5.74) is 6.23. The highest BCUT2D eigenvalue weighted by Gasteiger charge is 2.43. The summed E-state index contributed by atoms with van der Waals surface area (Å²) in [7, 11) is 0. The first-order valence-corrected chi connectivity index (χ1v) is 7.51. The number of hydrogen-bond donors (Lipinski definition) is 2. The molecule has 0 aromatic heterocycles. The summed E-state index contributed by atoms with van der Waals surface area (Å²) >= 11 is 0. The first-order valence-electron chi connectivity index (χ1n) is 7.51. The lowest BCUT2D eigenvalue weighted by molar-refractivity contribution is 0.0139. The molecule has 124 valence electrons. The summed E-state index contributed by atoms with van der Waals surface area (Å²) in [6.07, 6.45) is -0.547. The van der Waals surface area contributed by atoms with Gasteiger partial charge in [-0.1, -0.05) is 0 Å². The summed E-state index contributed by atoms with van der Waals surface area (Å²) in [6.45, 7) is 9.10. The van der Waals surface area contributed by atoms with Crippen LogP contribution in [0.15, 0.2) is 18.2 Å². The lowest BCUT2D eigenvalue weighted by Crippen LogP contribution is -2.60. The molecule has 1 aliphatic heterocycles. The monoisotopic (exact) mass is 317 g/mol. The van der Waals surface area contributed by atoms with E-state index in [9.17, 15) is 4.79 Å². The summed E-state index contributed by atoms with van der Waals surface area (Å²) in [5, 5.41) is 11.8. The highest BCUT2D eigenvalue weighted by molar-refractivity contribution is 5.68. The summed E-state index contributed by atoms with van der Waals surface area (Å²) in [4.78, 5) is 12.1. The van der Waals surface area contributed by atoms with Gasteiger partial charge in [0.05, 0.1) is 23.7 Å². The molecule has 23 heavy (non-hydrogen) atoms. The van der Waals surface area contributed by atoms with E-state index in [0.29, 0.717) is 16.9 Å². The molecule has 1 heterocycles. The number of nitrogens with two attached hydrogens (primary N) is 1. The molecule has 6 heteroatoms. The first kappa shape index (κ1) is 17.1. The predicted molar refractivity (Wildman–Crippen MR) is 86.0 cm³/mol. The molecule has 0 fully saturated rings. The van der Waals surface area contributed by atoms with Gasteiger partial charge in [-0.15, -0.1) is 0 Å². The smallest absolute Gasteiger partial charge is 0.408 e. The van der Waals surface area contributed by atoms with Gasteiger partial charge in [0, 0.05) is 5.56 Å². The van der Waals surface area contributed by atoms with E-state index in [1.165, 1.54) is 0 Å². The molecule has 1 unspecified atom stereocenters. The second-order valence-electron chi connectivity index (χ2n) is 7.22. The third kappa shape index (κ3) is 3.74. The van der Waals surface area contributed by atoms with Gasteiger partial charge in [-0.25, -0.2) is 4.79 Å². The van der Waals surface area contributed by atoms with Crippen molar-refractivity contribution in [2.75, 3.05) is 0 Å². The maximum absolute atomic E-state index is 12.1. The quantitative estimate of drug-likeness (QED) is 0.830. The number of alkyl carbamates (subject to hydrolysis) is 1. The van der Waals surface area contributed by atoms with Gasteiger partial charge in [-0.05, 0) is 52.8 Å². The van der Waals surface area contributed by atoms with Gasteiger partial charge in [-0.2, -0.15) is 5.26 Å². The average molecular weight is 317 g/mol. The molecule has 0 saturated heterocycles. The second-order valence-corrected chi connectivity index (χ2v) is 7.22. The van der Waals surface area contributed by atoms with Crippen molar-refractivity contribution >= 4 is 6.09 Å². The average Bonchev–Trinajstić information content (AvgIpc) is 2.41. The van der Waals surface area contributed by atoms with Crippen LogP contribution in [0.4, 0.5) is 4.79 Å². The van der Waals surface area contributed by atoms with Crippen molar-refractivity contribution in [3.05, 3.63) is 29.3 Å². The fourth-order valence-corrected chi connectivity index (χ4v) is 2.63. The Bertz CT molecular complexity index is 656. The van der Waals surface area contributed by atoms with E-state index in [0.717, 1.165) is 0 Å². The van der Waals surface area contributed by atoms with Crippen LogP contribution in [-0.4, -0.2) is 23.3 Å². The molecule has 3 N–H and O–H groups in total. The molecule has 2 atom stereocenters. The van der Waals surface area contributed by atoms with Crippen LogP contribution >= 0.6 is 0 Å². The molecule has 0 spiro atoms. The molecule has 1 amide bonds. The Hall–Kier alpha value is -2.26. The van der Waals surface area contributed by atoms with E-state index in [1.54, 1.807) is 39.0 Å². The van der Waals surface area contributed by atoms with Crippen molar-refractivity contribution in [1.29, 1.82) is 5.26 Å². The van der Waals surface area contributed by atoms with Crippen LogP contribution in [0.5, 0.6) is 5.75 Å². The van der Waals surface area contributed by atoms with E-state index in [2.05, 4.69) is 11.4 Å². The molecule has 1 aromatic carbocycles. The van der Waals surface area contributed by atoms with Gasteiger partial charge < -0.3 is 20.5 Å². The van der Waals surface area contributed by atoms with Crippen LogP contribution in [-0.2, 0) is 4.74 Å². The molecule has 0 radical (unpaired) electrons. The maximum atomic E-state index is 12.1. The number of ether oxygens (including phenoxy) is 2. The Labute approximate surface area is 136 Å². The molecule has 0 bridgehead atoms. The summed E-state index contributed by atoms with van der Waals surface area (Å²) in [6, 6.07) is 6.20. The third-order valence-electron chi connectivity index (χ3n) is 3.65. The van der Waals surface area contributed by atoms with Crippen LogP contribution in [0.2, 0.25) is 0 Å². The van der Waals surface area contributed by atoms with Gasteiger partial charge in [-0.3, -0.25) is 0 Å². The van der Waals surface area contributed by atoms with Crippen LogP contribution in [0, 0.1) is 11.3 Å². The van der Waals surface area contributed by atoms with Crippen LogP contribution in [0.3, 0.4) is 0 Å². The number of benzene rings is 1. The van der Waals surface area contributed by atoms with Crippen molar-refractivity contribution < 1.29 is 14.3 Å². The van der Waals surface area contributed by atoms with Crippen molar-refractivity contribution in [2.45, 2.75) is 57.9 Å². The van der Waals surface area contributed by atoms with Gasteiger partial charge in [0.1, 0.15) is 17.0 Å². The Morgan fingerprint density at radius 3 is 2.65 bits per heavy atom. The highest BCUT2D eigenvalue weighted by Crippen LogP contribution is 2.39. The number of carbonyl (C=O) groups is 1. The van der Waals surface area contributed by atoms with E-state index in [4.69, 9.17) is 20.5 Å². The first-order chi connectivity index (χ1) is 10.5. The topological polar surface area (TPSA) is 97.4 Å². The minimum atomic E-state index is -0.711. The molecule has 1 aliphatic rings. The van der Waals surface area contributed by atoms with Crippen molar-refractivity contribution in [1.82, 2.24) is 5.32 Å². The zero-order valence-corrected chi connectivity index (χ0v) is 14.1. The number of carbonyl (C=O) groups excluding carboxylic acids is 1. The van der Waals surface area contributed by atoms with Gasteiger partial charge >= 0.3 is 6.09 Å². The molecular formula is C17H23N3O3. The number of nitrogens with one attached hydrogen (secondary N) is 1. The molecule has 1 aromatic rings. The number of nitriles is 1. The van der Waals surface area contributed by atoms with Gasteiger partial charge in [0.15, 0.2) is 0 Å². The molecular weight excluding hydrogens is 294 g/mol. The Morgan fingerprint density at radius 2 is 2.09 bits per heavy atom. The fraction of sp³-hybridized carbons (Fsp3) is 0.529. The SMILES string of the molecule is CC(C)(C)OC(=O)N[C@H]1C(N)c2cc(C#N)ccc2OC1(C)C. The van der Waals surface area contributed by atoms with E-state index < -0.39 is 29.4 Å². The standard InChI is InChI=1S/C17H23N3O3/c1-16(2,3)23-15(21)20-14-13(19)11-8-10(9-18)6-7-12(11)22-17(14,4)5/h6-8,13-14H,19H2,1-5H3,(H,20,21)/t13?,14-/m0/s1. The maximum Gasteiger partial charge on any atom is 0.408 e. The highest BCUT2D eigenvalue weighted by atomic mass is 16.6. The number of amides is 1. The number of hydrogen-bond acceptors (Lipinski definition) is 5. The van der Waals surface area contributed by atoms with E-state index in [-0.39, 0.29) is 0 Å². The number of rotatable bonds is 1. The normalized spacial score (nSPS) is 22.3. The Balaban J connectivity index is 2.29. The Kier molecular flexibility index (Phi) is 4.27. The number of nitrogens with zero attached hydrogens (tertiary/aromatic N) is 1. The summed E-state index contributed by atoms with van der Waals surface area (Å²) < 4.78 is 11.3. The largest absolute Gasteiger partial charge is 0.485 e.